The molecule has 7 nitrogen and oxygen atoms in total. The van der Waals surface area contributed by atoms with E-state index in [1.807, 2.05) is 19.9 Å². The van der Waals surface area contributed by atoms with Crippen molar-refractivity contribution in [3.63, 3.8) is 0 Å². The molecular formula is C22H17FN6O. The summed E-state index contributed by atoms with van der Waals surface area (Å²) in [7, 11) is 0. The van der Waals surface area contributed by atoms with Crippen LogP contribution in [0.4, 0.5) is 10.2 Å². The van der Waals surface area contributed by atoms with Gasteiger partial charge < -0.3 is 5.32 Å². The molecule has 0 aliphatic carbocycles. The van der Waals surface area contributed by atoms with Crippen LogP contribution < -0.4 is 5.32 Å². The van der Waals surface area contributed by atoms with Crippen LogP contribution in [0.1, 0.15) is 25.0 Å². The van der Waals surface area contributed by atoms with Crippen molar-refractivity contribution >= 4 is 28.3 Å². The molecule has 4 aromatic rings. The average Bonchev–Trinajstić information content (AvgIpc) is 3.26. The van der Waals surface area contributed by atoms with Crippen LogP contribution in [0.3, 0.4) is 0 Å². The maximum atomic E-state index is 14.2. The Kier molecular flexibility index (Phi) is 4.13. The minimum absolute atomic E-state index is 0.187. The highest BCUT2D eigenvalue weighted by Crippen LogP contribution is 2.34. The Balaban J connectivity index is 1.63. The molecule has 148 valence electrons. The number of nitrogens with zero attached hydrogens (tertiary/aromatic N) is 5. The number of nitrogens with one attached hydrogen (secondary N) is 1. The SMILES string of the molecule is CC(C)=C1C(=O)Nc2nc(-c3nn(Cc4ccccc4F)c4ncccc34)ncc21. The van der Waals surface area contributed by atoms with Crippen molar-refractivity contribution in [2.24, 2.45) is 0 Å². The maximum absolute atomic E-state index is 14.2. The van der Waals surface area contributed by atoms with Gasteiger partial charge in [-0.1, -0.05) is 23.8 Å². The largest absolute Gasteiger partial charge is 0.306 e. The molecule has 4 heterocycles. The molecule has 1 aliphatic rings. The van der Waals surface area contributed by atoms with Gasteiger partial charge in [0.1, 0.15) is 17.3 Å². The summed E-state index contributed by atoms with van der Waals surface area (Å²) in [6, 6.07) is 10.2. The van der Waals surface area contributed by atoms with Gasteiger partial charge in [-0.25, -0.2) is 24.0 Å². The number of anilines is 1. The highest BCUT2D eigenvalue weighted by Gasteiger charge is 2.28. The van der Waals surface area contributed by atoms with E-state index in [1.165, 1.54) is 6.07 Å². The number of hydrogen-bond donors (Lipinski definition) is 1. The van der Waals surface area contributed by atoms with Crippen molar-refractivity contribution in [3.8, 4) is 11.5 Å². The molecule has 1 N–H and O–H groups in total. The number of fused-ring (bicyclic) bond motifs is 2. The van der Waals surface area contributed by atoms with Gasteiger partial charge in [-0.2, -0.15) is 5.10 Å². The van der Waals surface area contributed by atoms with E-state index in [4.69, 9.17) is 0 Å². The monoisotopic (exact) mass is 400 g/mol. The summed E-state index contributed by atoms with van der Waals surface area (Å²) in [6.45, 7) is 3.98. The van der Waals surface area contributed by atoms with E-state index in [2.05, 4.69) is 25.4 Å². The minimum Gasteiger partial charge on any atom is -0.306 e. The first kappa shape index (κ1) is 18.1. The number of halogens is 1. The van der Waals surface area contributed by atoms with E-state index in [0.29, 0.717) is 39.7 Å². The lowest BCUT2D eigenvalue weighted by atomic mass is 10.1. The Morgan fingerprint density at radius 2 is 1.97 bits per heavy atom. The summed E-state index contributed by atoms with van der Waals surface area (Å²) < 4.78 is 15.8. The lowest BCUT2D eigenvalue weighted by Gasteiger charge is -2.04. The van der Waals surface area contributed by atoms with Gasteiger partial charge in [0.25, 0.3) is 5.91 Å². The number of hydrogen-bond acceptors (Lipinski definition) is 5. The molecular weight excluding hydrogens is 383 g/mol. The Labute approximate surface area is 171 Å². The predicted octanol–water partition coefficient (Wildman–Crippen LogP) is 3.82. The zero-order chi connectivity index (χ0) is 20.8. The quantitative estimate of drug-likeness (QED) is 0.529. The summed E-state index contributed by atoms with van der Waals surface area (Å²) >= 11 is 0. The van der Waals surface area contributed by atoms with Gasteiger partial charge >= 0.3 is 0 Å². The Hall–Kier alpha value is -3.94. The van der Waals surface area contributed by atoms with Gasteiger partial charge in [0.2, 0.25) is 0 Å². The van der Waals surface area contributed by atoms with Gasteiger partial charge in [-0.3, -0.25) is 4.79 Å². The molecule has 0 unspecified atom stereocenters. The maximum Gasteiger partial charge on any atom is 0.257 e. The third-order valence-electron chi connectivity index (χ3n) is 5.01. The Morgan fingerprint density at radius 3 is 2.77 bits per heavy atom. The van der Waals surface area contributed by atoms with Crippen molar-refractivity contribution in [2.45, 2.75) is 20.4 Å². The number of amides is 1. The predicted molar refractivity (Wildman–Crippen MR) is 111 cm³/mol. The number of benzene rings is 1. The molecule has 1 aromatic carbocycles. The lowest BCUT2D eigenvalue weighted by molar-refractivity contribution is -0.110. The topological polar surface area (TPSA) is 85.6 Å². The highest BCUT2D eigenvalue weighted by molar-refractivity contribution is 6.31. The normalized spacial score (nSPS) is 12.9. The molecule has 0 saturated heterocycles. The number of rotatable bonds is 3. The average molecular weight is 400 g/mol. The lowest BCUT2D eigenvalue weighted by Crippen LogP contribution is -2.05. The fourth-order valence-electron chi connectivity index (χ4n) is 3.64. The standard InChI is InChI=1S/C22H17FN6O/c1-12(2)17-15-10-25-20(26-19(15)27-22(17)30)18-14-7-5-9-24-21(14)29(28-18)11-13-6-3-4-8-16(13)23/h3-10H,11H2,1-2H3,(H,25,26,27,30). The molecule has 0 saturated carbocycles. The second kappa shape index (κ2) is 6.84. The summed E-state index contributed by atoms with van der Waals surface area (Å²) in [6.07, 6.45) is 3.30. The molecule has 3 aromatic heterocycles. The molecule has 30 heavy (non-hydrogen) atoms. The third kappa shape index (κ3) is 2.85. The van der Waals surface area contributed by atoms with Crippen molar-refractivity contribution in [1.82, 2.24) is 24.7 Å². The van der Waals surface area contributed by atoms with Crippen molar-refractivity contribution in [3.05, 3.63) is 71.3 Å². The van der Waals surface area contributed by atoms with Crippen LogP contribution in [-0.2, 0) is 11.3 Å². The summed E-state index contributed by atoms with van der Waals surface area (Å²) in [5.74, 6) is 0.341. The summed E-state index contributed by atoms with van der Waals surface area (Å²) in [5.41, 5.74) is 3.80. The summed E-state index contributed by atoms with van der Waals surface area (Å²) in [4.78, 5) is 25.7. The zero-order valence-corrected chi connectivity index (χ0v) is 16.3. The summed E-state index contributed by atoms with van der Waals surface area (Å²) in [5, 5.41) is 8.18. The first-order chi connectivity index (χ1) is 14.5. The molecule has 0 fully saturated rings. The number of allylic oxidation sites excluding steroid dienone is 1. The van der Waals surface area contributed by atoms with Crippen LogP contribution in [0.25, 0.3) is 28.1 Å². The molecule has 1 amide bonds. The molecule has 0 radical (unpaired) electrons. The fraction of sp³-hybridized carbons (Fsp3) is 0.136. The number of carbonyl (C=O) groups is 1. The number of aromatic nitrogens is 5. The van der Waals surface area contributed by atoms with Crippen LogP contribution in [0.15, 0.2) is 54.4 Å². The fourth-order valence-corrected chi connectivity index (χ4v) is 3.64. The molecule has 1 aliphatic heterocycles. The second-order valence-electron chi connectivity index (χ2n) is 7.26. The van der Waals surface area contributed by atoms with Crippen molar-refractivity contribution in [1.29, 1.82) is 0 Å². The van der Waals surface area contributed by atoms with E-state index in [9.17, 15) is 9.18 Å². The third-order valence-corrected chi connectivity index (χ3v) is 5.01. The van der Waals surface area contributed by atoms with E-state index in [0.717, 1.165) is 11.0 Å². The van der Waals surface area contributed by atoms with Gasteiger partial charge in [0.05, 0.1) is 17.5 Å². The zero-order valence-electron chi connectivity index (χ0n) is 16.3. The second-order valence-corrected chi connectivity index (χ2v) is 7.26. The van der Waals surface area contributed by atoms with Crippen molar-refractivity contribution in [2.75, 3.05) is 5.32 Å². The Morgan fingerprint density at radius 1 is 1.13 bits per heavy atom. The molecule has 0 bridgehead atoms. The van der Waals surface area contributed by atoms with Crippen LogP contribution in [-0.4, -0.2) is 30.6 Å². The number of carbonyl (C=O) groups excluding carboxylic acids is 1. The van der Waals surface area contributed by atoms with Gasteiger partial charge in [0.15, 0.2) is 11.5 Å². The molecule has 0 spiro atoms. The Bertz CT molecular complexity index is 1350. The first-order valence-electron chi connectivity index (χ1n) is 9.44. The number of pyridine rings is 1. The van der Waals surface area contributed by atoms with Gasteiger partial charge in [0, 0.05) is 23.5 Å². The van der Waals surface area contributed by atoms with Crippen molar-refractivity contribution < 1.29 is 9.18 Å². The minimum atomic E-state index is -0.302. The van der Waals surface area contributed by atoms with E-state index in [-0.39, 0.29) is 18.3 Å². The van der Waals surface area contributed by atoms with Gasteiger partial charge in [-0.05, 0) is 32.0 Å². The molecule has 5 rings (SSSR count). The van der Waals surface area contributed by atoms with Gasteiger partial charge in [-0.15, -0.1) is 0 Å². The van der Waals surface area contributed by atoms with Crippen LogP contribution in [0, 0.1) is 5.82 Å². The smallest absolute Gasteiger partial charge is 0.257 e. The highest BCUT2D eigenvalue weighted by atomic mass is 19.1. The van der Waals surface area contributed by atoms with E-state index >= 15 is 0 Å². The first-order valence-corrected chi connectivity index (χ1v) is 9.44. The van der Waals surface area contributed by atoms with E-state index in [1.54, 1.807) is 41.3 Å². The van der Waals surface area contributed by atoms with Crippen LogP contribution in [0.2, 0.25) is 0 Å². The molecule has 0 atom stereocenters. The van der Waals surface area contributed by atoms with Crippen LogP contribution in [0.5, 0.6) is 0 Å². The van der Waals surface area contributed by atoms with Crippen LogP contribution >= 0.6 is 0 Å². The van der Waals surface area contributed by atoms with E-state index < -0.39 is 0 Å². The molecule has 8 heteroatoms.